The van der Waals surface area contributed by atoms with Crippen molar-refractivity contribution in [3.8, 4) is 0 Å². The minimum Gasteiger partial charge on any atom is -0.412 e. The summed E-state index contributed by atoms with van der Waals surface area (Å²) < 4.78 is 0. The molecule has 0 fully saturated rings. The van der Waals surface area contributed by atoms with Gasteiger partial charge in [0.05, 0.1) is 45.6 Å². The SMILES string of the molecule is C1=Cc2cc3ccc(cc4ccc(cc5nc(cc1n2)C=C5)[nH]4)[nH]3.C1=Cc2cc3ccc(cc4ccc(cc5nc(cc1n2)C=C5)[nH]4)[nH]3.O. The summed E-state index contributed by atoms with van der Waals surface area (Å²) in [5, 5.41) is 0. The Balaban J connectivity index is 0.000000139. The van der Waals surface area contributed by atoms with E-state index in [2.05, 4.69) is 101 Å². The molecule has 0 atom stereocenters. The molecular formula is C40H30N8O. The van der Waals surface area contributed by atoms with E-state index in [1.807, 2.05) is 85.0 Å². The molecule has 0 saturated heterocycles. The monoisotopic (exact) mass is 638 g/mol. The molecule has 10 heterocycles. The number of fused-ring (bicyclic) bond motifs is 16. The molecule has 9 nitrogen and oxygen atoms in total. The van der Waals surface area contributed by atoms with Gasteiger partial charge in [0.15, 0.2) is 0 Å². The molecule has 10 rings (SSSR count). The predicted molar refractivity (Wildman–Crippen MR) is 201 cm³/mol. The summed E-state index contributed by atoms with van der Waals surface area (Å²) >= 11 is 0. The van der Waals surface area contributed by atoms with E-state index in [9.17, 15) is 0 Å². The molecule has 0 aliphatic carbocycles. The predicted octanol–water partition coefficient (Wildman–Crippen LogP) is 8.49. The number of rotatable bonds is 0. The molecule has 9 heteroatoms. The Morgan fingerprint density at radius 1 is 0.245 bits per heavy atom. The van der Waals surface area contributed by atoms with Crippen molar-refractivity contribution in [2.75, 3.05) is 0 Å². The van der Waals surface area contributed by atoms with Gasteiger partial charge in [-0.1, -0.05) is 0 Å². The Labute approximate surface area is 280 Å². The standard InChI is InChI=1S/2C20H14N4.H2O/c2*1-2-14-10-16-5-6-18(23-16)12-20-8-7-19(24-20)11-17-4-3-15(22-17)9-13(1)21-14;/h2*1-12,21-22H;1H2. The zero-order valence-corrected chi connectivity index (χ0v) is 26.1. The van der Waals surface area contributed by atoms with E-state index in [4.69, 9.17) is 0 Å². The largest absolute Gasteiger partial charge is 0.412 e. The van der Waals surface area contributed by atoms with E-state index < -0.39 is 0 Å². The maximum atomic E-state index is 4.62. The summed E-state index contributed by atoms with van der Waals surface area (Å²) in [4.78, 5) is 32.0. The fourth-order valence-corrected chi connectivity index (χ4v) is 5.89. The molecule has 49 heavy (non-hydrogen) atoms. The summed E-state index contributed by atoms with van der Waals surface area (Å²) in [6.45, 7) is 0. The van der Waals surface area contributed by atoms with Crippen LogP contribution in [0.15, 0.2) is 97.1 Å². The highest BCUT2D eigenvalue weighted by molar-refractivity contribution is 5.79. The first-order chi connectivity index (χ1) is 23.6. The maximum Gasteiger partial charge on any atom is 0.0659 e. The first kappa shape index (κ1) is 29.6. The summed E-state index contributed by atoms with van der Waals surface area (Å²) in [7, 11) is 0. The quantitative estimate of drug-likeness (QED) is 0.132. The van der Waals surface area contributed by atoms with E-state index in [-0.39, 0.29) is 5.48 Å². The van der Waals surface area contributed by atoms with Gasteiger partial charge in [0.25, 0.3) is 0 Å². The number of nitrogens with zero attached hydrogens (tertiary/aromatic N) is 4. The lowest BCUT2D eigenvalue weighted by Crippen LogP contribution is -1.77. The van der Waals surface area contributed by atoms with E-state index in [0.717, 1.165) is 89.7 Å². The highest BCUT2D eigenvalue weighted by Crippen LogP contribution is 2.19. The molecule has 0 saturated carbocycles. The molecule has 0 aromatic carbocycles. The van der Waals surface area contributed by atoms with Crippen molar-refractivity contribution in [2.24, 2.45) is 0 Å². The number of nitrogens with one attached hydrogen (secondary N) is 4. The fourth-order valence-electron chi connectivity index (χ4n) is 5.89. The van der Waals surface area contributed by atoms with Crippen molar-refractivity contribution in [3.63, 3.8) is 0 Å². The molecule has 4 aliphatic heterocycles. The van der Waals surface area contributed by atoms with Gasteiger partial charge in [-0.25, -0.2) is 19.9 Å². The Morgan fingerprint density at radius 2 is 0.429 bits per heavy atom. The minimum absolute atomic E-state index is 0. The Bertz CT molecular complexity index is 2330. The summed E-state index contributed by atoms with van der Waals surface area (Å²) in [5.41, 5.74) is 15.7. The lowest BCUT2D eigenvalue weighted by Gasteiger charge is -1.86. The normalized spacial score (nSPS) is 12.4. The zero-order valence-electron chi connectivity index (χ0n) is 26.1. The maximum absolute atomic E-state index is 4.62. The van der Waals surface area contributed by atoms with Gasteiger partial charge in [0.1, 0.15) is 0 Å². The zero-order chi connectivity index (χ0) is 31.9. The molecular weight excluding hydrogens is 608 g/mol. The third kappa shape index (κ3) is 6.69. The molecule has 16 bridgehead atoms. The molecule has 4 aliphatic rings. The molecule has 6 aromatic rings. The average molecular weight is 639 g/mol. The van der Waals surface area contributed by atoms with Gasteiger partial charge >= 0.3 is 0 Å². The van der Waals surface area contributed by atoms with Gasteiger partial charge in [0.2, 0.25) is 0 Å². The topological polar surface area (TPSA) is 146 Å². The number of hydrogen-bond donors (Lipinski definition) is 4. The van der Waals surface area contributed by atoms with E-state index >= 15 is 0 Å². The van der Waals surface area contributed by atoms with Crippen molar-refractivity contribution in [2.45, 2.75) is 0 Å². The van der Waals surface area contributed by atoms with Crippen molar-refractivity contribution in [1.29, 1.82) is 0 Å². The third-order valence-electron chi connectivity index (χ3n) is 8.08. The Kier molecular flexibility index (Phi) is 7.48. The lowest BCUT2D eigenvalue weighted by atomic mass is 10.3. The van der Waals surface area contributed by atoms with E-state index in [1.165, 1.54) is 0 Å². The van der Waals surface area contributed by atoms with Gasteiger partial charge in [-0.15, -0.1) is 0 Å². The molecule has 0 radical (unpaired) electrons. The molecule has 6 aromatic heterocycles. The summed E-state index contributed by atoms with van der Waals surface area (Å²) in [6.07, 6.45) is 16.1. The van der Waals surface area contributed by atoms with Crippen LogP contribution in [0, 0.1) is 0 Å². The van der Waals surface area contributed by atoms with Crippen molar-refractivity contribution in [3.05, 3.63) is 143 Å². The van der Waals surface area contributed by atoms with Crippen LogP contribution in [0.1, 0.15) is 45.6 Å². The fraction of sp³-hybridized carbons (Fsp3) is 0. The van der Waals surface area contributed by atoms with Gasteiger partial charge in [-0.3, -0.25) is 0 Å². The second kappa shape index (κ2) is 12.4. The summed E-state index contributed by atoms with van der Waals surface area (Å²) in [5.74, 6) is 0. The summed E-state index contributed by atoms with van der Waals surface area (Å²) in [6, 6.07) is 32.8. The highest BCUT2D eigenvalue weighted by atomic mass is 16.0. The van der Waals surface area contributed by atoms with Crippen molar-refractivity contribution >= 4 is 92.7 Å². The molecule has 0 amide bonds. The molecule has 6 N–H and O–H groups in total. The first-order valence-electron chi connectivity index (χ1n) is 15.7. The van der Waals surface area contributed by atoms with Crippen LogP contribution >= 0.6 is 0 Å². The van der Waals surface area contributed by atoms with E-state index in [0.29, 0.717) is 0 Å². The van der Waals surface area contributed by atoms with Crippen LogP contribution in [0.3, 0.4) is 0 Å². The van der Waals surface area contributed by atoms with Crippen LogP contribution in [0.2, 0.25) is 0 Å². The smallest absolute Gasteiger partial charge is 0.0659 e. The van der Waals surface area contributed by atoms with Crippen LogP contribution in [0.25, 0.3) is 92.7 Å². The van der Waals surface area contributed by atoms with E-state index in [1.54, 1.807) is 0 Å². The second-order valence-electron chi connectivity index (χ2n) is 11.8. The molecule has 236 valence electrons. The molecule has 0 spiro atoms. The lowest BCUT2D eigenvalue weighted by molar-refractivity contribution is 0.824. The minimum atomic E-state index is 0. The van der Waals surface area contributed by atoms with Crippen LogP contribution in [0.4, 0.5) is 0 Å². The third-order valence-corrected chi connectivity index (χ3v) is 8.08. The van der Waals surface area contributed by atoms with Gasteiger partial charge < -0.3 is 25.4 Å². The number of aromatic amines is 4. The number of hydrogen-bond acceptors (Lipinski definition) is 4. The van der Waals surface area contributed by atoms with Crippen molar-refractivity contribution in [1.82, 2.24) is 39.9 Å². The van der Waals surface area contributed by atoms with Gasteiger partial charge in [-0.2, -0.15) is 0 Å². The van der Waals surface area contributed by atoms with Crippen LogP contribution < -0.4 is 0 Å². The average Bonchev–Trinajstić information content (AvgIpc) is 3.91. The Morgan fingerprint density at radius 3 is 0.653 bits per heavy atom. The van der Waals surface area contributed by atoms with Crippen LogP contribution in [0.5, 0.6) is 0 Å². The molecule has 0 unspecified atom stereocenters. The number of aromatic nitrogens is 8. The number of H-pyrrole nitrogens is 4. The van der Waals surface area contributed by atoms with Crippen LogP contribution in [-0.2, 0) is 0 Å². The second-order valence-corrected chi connectivity index (χ2v) is 11.8. The Hall–Kier alpha value is -6.84. The highest BCUT2D eigenvalue weighted by Gasteiger charge is 2.04. The van der Waals surface area contributed by atoms with Gasteiger partial charge in [0, 0.05) is 44.1 Å². The van der Waals surface area contributed by atoms with Crippen LogP contribution in [-0.4, -0.2) is 45.3 Å². The van der Waals surface area contributed by atoms with Crippen molar-refractivity contribution < 1.29 is 5.48 Å². The first-order valence-corrected chi connectivity index (χ1v) is 15.7. The van der Waals surface area contributed by atoms with Gasteiger partial charge in [-0.05, 0) is 146 Å².